The van der Waals surface area contributed by atoms with Crippen molar-refractivity contribution >= 4 is 12.1 Å². The van der Waals surface area contributed by atoms with Crippen LogP contribution in [0.1, 0.15) is 36.3 Å². The summed E-state index contributed by atoms with van der Waals surface area (Å²) in [6, 6.07) is 16.5. The number of carboxylic acid groups (broad SMARTS) is 1. The number of ether oxygens (including phenoxy) is 1. The van der Waals surface area contributed by atoms with E-state index in [1.165, 1.54) is 22.3 Å². The molecule has 4 rings (SSSR count). The van der Waals surface area contributed by atoms with Crippen molar-refractivity contribution in [3.8, 4) is 11.1 Å². The Bertz CT molecular complexity index is 888. The molecule has 144 valence electrons. The highest BCUT2D eigenvalue weighted by Gasteiger charge is 2.29. The molecule has 1 N–H and O–H groups in total. The number of carbonyl (C=O) groups excluding carboxylic acids is 1. The molecular formula is C23H23NO4. The monoisotopic (exact) mass is 377 g/mol. The number of rotatable bonds is 3. The Kier molecular flexibility index (Phi) is 5.15. The minimum absolute atomic E-state index is 0.0459. The van der Waals surface area contributed by atoms with Crippen LogP contribution in [0.3, 0.4) is 0 Å². The Labute approximate surface area is 164 Å². The summed E-state index contributed by atoms with van der Waals surface area (Å²) in [7, 11) is 0. The molecule has 0 fully saturated rings. The van der Waals surface area contributed by atoms with Crippen LogP contribution in [0.25, 0.3) is 11.1 Å². The van der Waals surface area contributed by atoms with Crippen molar-refractivity contribution < 1.29 is 19.4 Å². The molecule has 28 heavy (non-hydrogen) atoms. The zero-order valence-electron chi connectivity index (χ0n) is 15.6. The molecule has 2 aromatic rings. The first kappa shape index (κ1) is 18.3. The van der Waals surface area contributed by atoms with E-state index < -0.39 is 5.97 Å². The molecule has 2 aromatic carbocycles. The molecule has 0 saturated heterocycles. The van der Waals surface area contributed by atoms with E-state index in [2.05, 4.69) is 24.3 Å². The van der Waals surface area contributed by atoms with Gasteiger partial charge >= 0.3 is 12.1 Å². The lowest BCUT2D eigenvalue weighted by molar-refractivity contribution is -0.132. The quantitative estimate of drug-likeness (QED) is 0.859. The number of hydrogen-bond donors (Lipinski definition) is 1. The standard InChI is InChI=1S/C23H23NO4/c25-22(26)16-7-5-13-24(14-6-8-16)23(27)28-15-21-19-11-3-1-9-17(19)18-10-2-4-12-20(18)21/h1-4,7,9-12,21H,5-6,8,13-15H2,(H,25,26)/b16-7+. The van der Waals surface area contributed by atoms with E-state index in [9.17, 15) is 9.59 Å². The molecule has 0 aromatic heterocycles. The number of carbonyl (C=O) groups is 2. The highest BCUT2D eigenvalue weighted by molar-refractivity contribution is 5.86. The van der Waals surface area contributed by atoms with Crippen LogP contribution in [-0.2, 0) is 9.53 Å². The Morgan fingerprint density at radius 1 is 1.00 bits per heavy atom. The van der Waals surface area contributed by atoms with E-state index in [1.807, 2.05) is 24.3 Å². The van der Waals surface area contributed by atoms with E-state index >= 15 is 0 Å². The topological polar surface area (TPSA) is 66.8 Å². The third-order valence-corrected chi connectivity index (χ3v) is 5.53. The Balaban J connectivity index is 1.43. The number of aliphatic carboxylic acids is 1. The van der Waals surface area contributed by atoms with Gasteiger partial charge in [-0.3, -0.25) is 0 Å². The van der Waals surface area contributed by atoms with Crippen molar-refractivity contribution in [2.24, 2.45) is 0 Å². The fourth-order valence-corrected chi connectivity index (χ4v) is 4.13. The smallest absolute Gasteiger partial charge is 0.409 e. The van der Waals surface area contributed by atoms with Crippen molar-refractivity contribution in [1.29, 1.82) is 0 Å². The number of benzene rings is 2. The number of amides is 1. The van der Waals surface area contributed by atoms with Crippen LogP contribution >= 0.6 is 0 Å². The third kappa shape index (κ3) is 3.52. The minimum atomic E-state index is -0.866. The number of fused-ring (bicyclic) bond motifs is 3. The largest absolute Gasteiger partial charge is 0.478 e. The molecule has 2 aliphatic rings. The van der Waals surface area contributed by atoms with Crippen LogP contribution in [0.15, 0.2) is 60.2 Å². The summed E-state index contributed by atoms with van der Waals surface area (Å²) >= 11 is 0. The zero-order valence-corrected chi connectivity index (χ0v) is 15.6. The molecule has 5 heteroatoms. The molecule has 0 atom stereocenters. The predicted octanol–water partition coefficient (Wildman–Crippen LogP) is 4.43. The molecule has 0 saturated carbocycles. The normalized spacial score (nSPS) is 18.3. The number of carboxylic acids is 1. The summed E-state index contributed by atoms with van der Waals surface area (Å²) in [5.74, 6) is -0.820. The van der Waals surface area contributed by atoms with Gasteiger partial charge in [-0.05, 0) is 41.5 Å². The van der Waals surface area contributed by atoms with Gasteiger partial charge in [0.25, 0.3) is 0 Å². The van der Waals surface area contributed by atoms with Gasteiger partial charge in [0.15, 0.2) is 0 Å². The average Bonchev–Trinajstić information content (AvgIpc) is 3.00. The molecule has 1 amide bonds. The molecule has 1 aliphatic heterocycles. The summed E-state index contributed by atoms with van der Waals surface area (Å²) in [6.07, 6.45) is 3.02. The molecule has 0 bridgehead atoms. The highest BCUT2D eigenvalue weighted by atomic mass is 16.6. The molecule has 0 unspecified atom stereocenters. The molecular weight excluding hydrogens is 354 g/mol. The summed E-state index contributed by atoms with van der Waals surface area (Å²) in [6.45, 7) is 1.30. The summed E-state index contributed by atoms with van der Waals surface area (Å²) in [4.78, 5) is 25.4. The molecule has 0 spiro atoms. The van der Waals surface area contributed by atoms with Crippen molar-refractivity contribution in [2.45, 2.75) is 25.2 Å². The summed E-state index contributed by atoms with van der Waals surface area (Å²) < 4.78 is 5.70. The van der Waals surface area contributed by atoms with E-state index in [-0.39, 0.29) is 12.0 Å². The van der Waals surface area contributed by atoms with Gasteiger partial charge in [-0.2, -0.15) is 0 Å². The minimum Gasteiger partial charge on any atom is -0.478 e. The van der Waals surface area contributed by atoms with Gasteiger partial charge in [0.2, 0.25) is 0 Å². The van der Waals surface area contributed by atoms with Gasteiger partial charge < -0.3 is 14.7 Å². The molecule has 1 heterocycles. The number of hydrogen-bond acceptors (Lipinski definition) is 3. The maximum atomic E-state index is 12.6. The lowest BCUT2D eigenvalue weighted by atomic mass is 9.98. The summed E-state index contributed by atoms with van der Waals surface area (Å²) in [5.41, 5.74) is 5.23. The van der Waals surface area contributed by atoms with Crippen LogP contribution in [-0.4, -0.2) is 41.8 Å². The highest BCUT2D eigenvalue weighted by Crippen LogP contribution is 2.44. The molecule has 0 radical (unpaired) electrons. The van der Waals surface area contributed by atoms with Gasteiger partial charge in [-0.25, -0.2) is 9.59 Å². The molecule has 1 aliphatic carbocycles. The maximum absolute atomic E-state index is 12.6. The Morgan fingerprint density at radius 2 is 1.64 bits per heavy atom. The van der Waals surface area contributed by atoms with Crippen molar-refractivity contribution in [2.75, 3.05) is 19.7 Å². The second-order valence-corrected chi connectivity index (χ2v) is 7.22. The fraction of sp³-hybridized carbons (Fsp3) is 0.304. The van der Waals surface area contributed by atoms with Gasteiger partial charge in [-0.15, -0.1) is 0 Å². The molecule has 5 nitrogen and oxygen atoms in total. The van der Waals surface area contributed by atoms with Crippen molar-refractivity contribution in [3.05, 3.63) is 71.3 Å². The van der Waals surface area contributed by atoms with Crippen LogP contribution in [0.5, 0.6) is 0 Å². The van der Waals surface area contributed by atoms with Gasteiger partial charge in [0.05, 0.1) is 0 Å². The van der Waals surface area contributed by atoms with Crippen molar-refractivity contribution in [1.82, 2.24) is 4.90 Å². The first-order valence-electron chi connectivity index (χ1n) is 9.67. The fourth-order valence-electron chi connectivity index (χ4n) is 4.13. The van der Waals surface area contributed by atoms with Crippen LogP contribution in [0, 0.1) is 0 Å². The van der Waals surface area contributed by atoms with Crippen LogP contribution in [0.2, 0.25) is 0 Å². The van der Waals surface area contributed by atoms with E-state index in [4.69, 9.17) is 9.84 Å². The van der Waals surface area contributed by atoms with Gasteiger partial charge in [0, 0.05) is 24.6 Å². The lowest BCUT2D eigenvalue weighted by Gasteiger charge is -2.24. The Morgan fingerprint density at radius 3 is 2.29 bits per heavy atom. The second kappa shape index (κ2) is 7.89. The maximum Gasteiger partial charge on any atom is 0.409 e. The van der Waals surface area contributed by atoms with Gasteiger partial charge in [-0.1, -0.05) is 54.6 Å². The second-order valence-electron chi connectivity index (χ2n) is 7.22. The first-order valence-corrected chi connectivity index (χ1v) is 9.67. The van der Waals surface area contributed by atoms with E-state index in [1.54, 1.807) is 11.0 Å². The van der Waals surface area contributed by atoms with Crippen LogP contribution in [0.4, 0.5) is 4.79 Å². The zero-order chi connectivity index (χ0) is 19.5. The summed E-state index contributed by atoms with van der Waals surface area (Å²) in [5, 5.41) is 9.12. The van der Waals surface area contributed by atoms with Crippen molar-refractivity contribution in [3.63, 3.8) is 0 Å². The van der Waals surface area contributed by atoms with Crippen LogP contribution < -0.4 is 0 Å². The average molecular weight is 377 g/mol. The predicted molar refractivity (Wildman–Crippen MR) is 106 cm³/mol. The van der Waals surface area contributed by atoms with E-state index in [0.29, 0.717) is 44.5 Å². The Hall–Kier alpha value is -3.08. The first-order chi connectivity index (χ1) is 13.6. The lowest BCUT2D eigenvalue weighted by Crippen LogP contribution is -2.35. The SMILES string of the molecule is O=C(O)/C1=C/CCN(C(=O)OCC2c3ccccc3-c3ccccc32)CCC1. The van der Waals surface area contributed by atoms with Gasteiger partial charge in [0.1, 0.15) is 6.61 Å². The third-order valence-electron chi connectivity index (χ3n) is 5.53. The van der Waals surface area contributed by atoms with E-state index in [0.717, 1.165) is 0 Å². The number of nitrogens with zero attached hydrogens (tertiary/aromatic N) is 1.